The number of benzene rings is 4. The number of carbonyl (C=O) groups excluding carboxylic acids is 5. The first-order chi connectivity index (χ1) is 21.7. The molecule has 8 nitrogen and oxygen atoms in total. The minimum atomic E-state index is -1.46. The maximum Gasteiger partial charge on any atom is 0.334 e. The molecular weight excluding hydrogens is 568 g/mol. The Labute approximate surface area is 259 Å². The number of imide groups is 2. The van der Waals surface area contributed by atoms with E-state index >= 15 is 0 Å². The van der Waals surface area contributed by atoms with Crippen LogP contribution in [0, 0.1) is 35.0 Å². The quantitative estimate of drug-likeness (QED) is 0.229. The molecular formula is C37H30N2O6. The van der Waals surface area contributed by atoms with Crippen LogP contribution in [0.3, 0.4) is 0 Å². The number of amides is 4. The van der Waals surface area contributed by atoms with Crippen LogP contribution in [0.4, 0.5) is 11.4 Å². The molecule has 3 fully saturated rings. The lowest BCUT2D eigenvalue weighted by atomic mass is 9.43. The maximum absolute atomic E-state index is 14.6. The van der Waals surface area contributed by atoms with Gasteiger partial charge in [-0.1, -0.05) is 85.3 Å². The zero-order valence-corrected chi connectivity index (χ0v) is 25.0. The summed E-state index contributed by atoms with van der Waals surface area (Å²) in [6.07, 6.45) is 0. The van der Waals surface area contributed by atoms with Crippen LogP contribution in [0.2, 0.25) is 0 Å². The fourth-order valence-electron chi connectivity index (χ4n) is 9.09. The molecule has 0 aromatic heterocycles. The monoisotopic (exact) mass is 598 g/mol. The molecule has 1 saturated carbocycles. The van der Waals surface area contributed by atoms with Gasteiger partial charge < -0.3 is 4.74 Å². The first kappa shape index (κ1) is 27.4. The number of carbonyl (C=O) groups is 5. The zero-order valence-electron chi connectivity index (χ0n) is 25.0. The fourth-order valence-corrected chi connectivity index (χ4v) is 9.09. The molecule has 6 atom stereocenters. The molecule has 4 aromatic rings. The van der Waals surface area contributed by atoms with Crippen molar-refractivity contribution in [3.63, 3.8) is 0 Å². The largest absolute Gasteiger partial charge is 0.463 e. The summed E-state index contributed by atoms with van der Waals surface area (Å²) < 4.78 is 5.51. The first-order valence-electron chi connectivity index (χ1n) is 15.3. The molecule has 2 bridgehead atoms. The zero-order chi connectivity index (χ0) is 31.4. The van der Waals surface area contributed by atoms with Crippen LogP contribution in [0.15, 0.2) is 96.1 Å². The average molecular weight is 599 g/mol. The molecule has 2 saturated heterocycles. The number of hydrogen-bond donors (Lipinski definition) is 0. The standard InChI is InChI=1S/C37H30N2O6/c1-4-45-36(44)29-19(2)26-27-30(34(42)38(32(27)40)24-17-9-13-20-11-5-7-15-22(20)24)37(29,3)31-28(26)33(41)39(35(31)43)25-18-10-14-21-12-6-8-16-23(21)25/h5-18,26-28,30-31H,4H2,1-3H3/t26?,27-,28+,30-,31-,37?/m1/s1. The molecule has 3 aliphatic carbocycles. The van der Waals surface area contributed by atoms with Gasteiger partial charge in [0, 0.05) is 27.7 Å². The number of ether oxygens (including phenoxy) is 1. The summed E-state index contributed by atoms with van der Waals surface area (Å²) in [5.41, 5.74) is 0.226. The number of hydrogen-bond acceptors (Lipinski definition) is 6. The molecule has 8 heteroatoms. The van der Waals surface area contributed by atoms with Gasteiger partial charge in [0.05, 0.1) is 41.7 Å². The third kappa shape index (κ3) is 3.34. The van der Waals surface area contributed by atoms with Gasteiger partial charge in [0.2, 0.25) is 23.6 Å². The normalized spacial score (nSPS) is 28.8. The summed E-state index contributed by atoms with van der Waals surface area (Å²) in [6.45, 7) is 5.26. The third-order valence-electron chi connectivity index (χ3n) is 10.7. The summed E-state index contributed by atoms with van der Waals surface area (Å²) in [4.78, 5) is 74.5. The lowest BCUT2D eigenvalue weighted by Crippen LogP contribution is -2.61. The first-order valence-corrected chi connectivity index (χ1v) is 15.3. The smallest absolute Gasteiger partial charge is 0.334 e. The topological polar surface area (TPSA) is 101 Å². The van der Waals surface area contributed by atoms with E-state index in [1.807, 2.05) is 60.7 Å². The van der Waals surface area contributed by atoms with E-state index in [1.54, 1.807) is 45.0 Å². The van der Waals surface area contributed by atoms with Gasteiger partial charge >= 0.3 is 5.97 Å². The van der Waals surface area contributed by atoms with Gasteiger partial charge in [0.1, 0.15) is 0 Å². The molecule has 2 unspecified atom stereocenters. The highest BCUT2D eigenvalue weighted by atomic mass is 16.5. The Morgan fingerprint density at radius 1 is 0.667 bits per heavy atom. The number of nitrogens with zero attached hydrogens (tertiary/aromatic N) is 2. The molecule has 0 radical (unpaired) electrons. The van der Waals surface area contributed by atoms with Gasteiger partial charge in [0.15, 0.2) is 0 Å². The highest BCUT2D eigenvalue weighted by Gasteiger charge is 2.77. The van der Waals surface area contributed by atoms with Gasteiger partial charge in [-0.2, -0.15) is 0 Å². The molecule has 9 rings (SSSR count). The van der Waals surface area contributed by atoms with Crippen molar-refractivity contribution in [2.75, 3.05) is 16.4 Å². The van der Waals surface area contributed by atoms with E-state index < -0.39 is 64.6 Å². The Balaban J connectivity index is 1.33. The third-order valence-corrected chi connectivity index (χ3v) is 10.7. The van der Waals surface area contributed by atoms with Crippen LogP contribution in [-0.2, 0) is 28.7 Å². The van der Waals surface area contributed by atoms with Crippen molar-refractivity contribution in [3.8, 4) is 0 Å². The molecule has 0 spiro atoms. The Morgan fingerprint density at radius 2 is 1.11 bits per heavy atom. The van der Waals surface area contributed by atoms with E-state index in [-0.39, 0.29) is 12.2 Å². The van der Waals surface area contributed by atoms with E-state index in [2.05, 4.69) is 0 Å². The molecule has 4 amide bonds. The molecule has 4 aromatic carbocycles. The van der Waals surface area contributed by atoms with E-state index in [0.717, 1.165) is 21.5 Å². The van der Waals surface area contributed by atoms with Crippen LogP contribution in [0.25, 0.3) is 21.5 Å². The summed E-state index contributed by atoms with van der Waals surface area (Å²) in [6, 6.07) is 25.9. The van der Waals surface area contributed by atoms with Crippen molar-refractivity contribution in [3.05, 3.63) is 96.1 Å². The second kappa shape index (κ2) is 9.44. The van der Waals surface area contributed by atoms with Crippen LogP contribution >= 0.6 is 0 Å². The Hall–Kier alpha value is -5.11. The van der Waals surface area contributed by atoms with Crippen LogP contribution in [0.5, 0.6) is 0 Å². The minimum Gasteiger partial charge on any atom is -0.463 e. The summed E-state index contributed by atoms with van der Waals surface area (Å²) in [7, 11) is 0. The van der Waals surface area contributed by atoms with Gasteiger partial charge in [-0.15, -0.1) is 0 Å². The highest BCUT2D eigenvalue weighted by Crippen LogP contribution is 2.69. The van der Waals surface area contributed by atoms with Gasteiger partial charge in [-0.3, -0.25) is 19.2 Å². The summed E-state index contributed by atoms with van der Waals surface area (Å²) in [5.74, 6) is -7.08. The summed E-state index contributed by atoms with van der Waals surface area (Å²) >= 11 is 0. The molecule has 5 aliphatic rings. The van der Waals surface area contributed by atoms with E-state index in [9.17, 15) is 24.0 Å². The van der Waals surface area contributed by atoms with Crippen molar-refractivity contribution >= 4 is 62.5 Å². The van der Waals surface area contributed by atoms with Crippen molar-refractivity contribution in [2.24, 2.45) is 35.0 Å². The maximum atomic E-state index is 14.6. The summed E-state index contributed by atoms with van der Waals surface area (Å²) in [5, 5.41) is 3.22. The van der Waals surface area contributed by atoms with E-state index in [0.29, 0.717) is 16.9 Å². The van der Waals surface area contributed by atoms with Crippen LogP contribution < -0.4 is 9.80 Å². The number of fused-ring (bicyclic) bond motifs is 2. The number of allylic oxidation sites excluding steroid dienone is 1. The SMILES string of the molecule is CCOC(=O)C1=C(C)C2[C@H]3C(=O)N(c4cccc5ccccc45)C(=O)[C@@H]3C1(C)[C@H]1C(=O)N(c3cccc4ccccc34)C(=O)[C@@H]21. The van der Waals surface area contributed by atoms with E-state index in [4.69, 9.17) is 4.74 Å². The molecule has 45 heavy (non-hydrogen) atoms. The van der Waals surface area contributed by atoms with Crippen LogP contribution in [0.1, 0.15) is 20.8 Å². The van der Waals surface area contributed by atoms with Crippen molar-refractivity contribution in [1.29, 1.82) is 0 Å². The lowest BCUT2D eigenvalue weighted by molar-refractivity contribution is -0.155. The van der Waals surface area contributed by atoms with Gasteiger partial charge in [-0.25, -0.2) is 14.6 Å². The number of esters is 1. The minimum absolute atomic E-state index is 0.0998. The molecule has 2 aliphatic heterocycles. The Kier molecular flexibility index (Phi) is 5.76. The van der Waals surface area contributed by atoms with Crippen molar-refractivity contribution < 1.29 is 28.7 Å². The number of anilines is 2. The second-order valence-electron chi connectivity index (χ2n) is 12.6. The van der Waals surface area contributed by atoms with Crippen molar-refractivity contribution in [2.45, 2.75) is 20.8 Å². The Bertz CT molecular complexity index is 1930. The molecule has 2 heterocycles. The fraction of sp³-hybridized carbons (Fsp3) is 0.270. The predicted molar refractivity (Wildman–Crippen MR) is 168 cm³/mol. The van der Waals surface area contributed by atoms with E-state index in [1.165, 1.54) is 9.80 Å². The highest BCUT2D eigenvalue weighted by molar-refractivity contribution is 6.30. The Morgan fingerprint density at radius 3 is 1.58 bits per heavy atom. The lowest BCUT2D eigenvalue weighted by Gasteiger charge is -2.55. The average Bonchev–Trinajstić information content (AvgIpc) is 3.46. The molecule has 224 valence electrons. The second-order valence-corrected chi connectivity index (χ2v) is 12.6. The van der Waals surface area contributed by atoms with Gasteiger partial charge in [-0.05, 0) is 36.8 Å². The molecule has 0 N–H and O–H groups in total. The van der Waals surface area contributed by atoms with Gasteiger partial charge in [0.25, 0.3) is 0 Å². The van der Waals surface area contributed by atoms with Crippen LogP contribution in [-0.4, -0.2) is 36.2 Å². The van der Waals surface area contributed by atoms with Crippen molar-refractivity contribution in [1.82, 2.24) is 0 Å². The predicted octanol–water partition coefficient (Wildman–Crippen LogP) is 5.43. The number of rotatable bonds is 4.